The fourth-order valence-electron chi connectivity index (χ4n) is 1.34. The van der Waals surface area contributed by atoms with Crippen LogP contribution in [0.25, 0.3) is 0 Å². The molecule has 1 rings (SSSR count). The van der Waals surface area contributed by atoms with Crippen LogP contribution in [0.5, 0.6) is 5.75 Å². The number of benzene rings is 1. The van der Waals surface area contributed by atoms with Crippen LogP contribution in [-0.2, 0) is 13.8 Å². The molecule has 0 aliphatic rings. The van der Waals surface area contributed by atoms with E-state index in [2.05, 4.69) is 0 Å². The zero-order valence-corrected chi connectivity index (χ0v) is 14.1. The van der Waals surface area contributed by atoms with Gasteiger partial charge in [-0.1, -0.05) is 37.0 Å². The highest BCUT2D eigenvalue weighted by atomic mass is 35.7. The Hall–Kier alpha value is -0.200. The van der Waals surface area contributed by atoms with Crippen molar-refractivity contribution in [2.24, 2.45) is 5.92 Å². The largest absolute Gasteiger partial charge is 0.490 e. The van der Waals surface area contributed by atoms with E-state index in [1.54, 1.807) is 0 Å². The summed E-state index contributed by atoms with van der Waals surface area (Å²) in [6.45, 7) is 5.42. The molecule has 114 valence electrons. The summed E-state index contributed by atoms with van der Waals surface area (Å²) in [6, 6.07) is 2.48. The van der Waals surface area contributed by atoms with E-state index < -0.39 is 9.05 Å². The maximum atomic E-state index is 11.2. The predicted molar refractivity (Wildman–Crippen MR) is 80.7 cm³/mol. The molecule has 0 amide bonds. The first-order valence-corrected chi connectivity index (χ1v) is 8.92. The van der Waals surface area contributed by atoms with E-state index in [0.29, 0.717) is 19.1 Å². The number of halogens is 3. The summed E-state index contributed by atoms with van der Waals surface area (Å²) in [5.41, 5.74) is 0. The first kappa shape index (κ1) is 17.9. The number of hydrogen-bond acceptors (Lipinski definition) is 4. The Morgan fingerprint density at radius 2 is 1.80 bits per heavy atom. The van der Waals surface area contributed by atoms with Crippen LogP contribution in [0.15, 0.2) is 17.0 Å². The number of hydrogen-bond donors (Lipinski definition) is 0. The van der Waals surface area contributed by atoms with E-state index in [0.717, 1.165) is 6.07 Å². The van der Waals surface area contributed by atoms with Crippen molar-refractivity contribution in [2.75, 3.05) is 19.8 Å². The van der Waals surface area contributed by atoms with Crippen molar-refractivity contribution in [2.45, 2.75) is 18.7 Å². The van der Waals surface area contributed by atoms with Crippen molar-refractivity contribution >= 4 is 42.9 Å². The van der Waals surface area contributed by atoms with Gasteiger partial charge in [0.2, 0.25) is 0 Å². The maximum Gasteiger partial charge on any atom is 0.262 e. The highest BCUT2D eigenvalue weighted by Gasteiger charge is 2.18. The first-order chi connectivity index (χ1) is 9.21. The molecule has 1 aromatic rings. The van der Waals surface area contributed by atoms with Crippen molar-refractivity contribution in [3.05, 3.63) is 22.2 Å². The number of ether oxygens (including phenoxy) is 2. The zero-order chi connectivity index (χ0) is 15.3. The summed E-state index contributed by atoms with van der Waals surface area (Å²) in [7, 11) is 1.30. The molecule has 0 aromatic heterocycles. The molecule has 0 unspecified atom stereocenters. The lowest BCUT2D eigenvalue weighted by Gasteiger charge is -2.11. The van der Waals surface area contributed by atoms with Crippen LogP contribution in [0.1, 0.15) is 13.8 Å². The zero-order valence-electron chi connectivity index (χ0n) is 11.0. The molecule has 0 bridgehead atoms. The van der Waals surface area contributed by atoms with Crippen LogP contribution in [-0.4, -0.2) is 28.2 Å². The van der Waals surface area contributed by atoms with Crippen LogP contribution in [0, 0.1) is 5.92 Å². The van der Waals surface area contributed by atoms with E-state index in [9.17, 15) is 8.42 Å². The average Bonchev–Trinajstić information content (AvgIpc) is 2.30. The molecule has 1 aromatic carbocycles. The normalized spacial score (nSPS) is 11.9. The van der Waals surface area contributed by atoms with E-state index in [-0.39, 0.29) is 27.3 Å². The Morgan fingerprint density at radius 1 is 1.15 bits per heavy atom. The van der Waals surface area contributed by atoms with Gasteiger partial charge in [-0.05, 0) is 12.0 Å². The molecule has 0 radical (unpaired) electrons. The minimum absolute atomic E-state index is 0.0394. The van der Waals surface area contributed by atoms with E-state index in [4.69, 9.17) is 43.4 Å². The highest BCUT2D eigenvalue weighted by molar-refractivity contribution is 8.13. The van der Waals surface area contributed by atoms with Crippen LogP contribution in [0.2, 0.25) is 10.0 Å². The lowest BCUT2D eigenvalue weighted by atomic mass is 10.2. The molecule has 20 heavy (non-hydrogen) atoms. The molecule has 0 saturated heterocycles. The summed E-state index contributed by atoms with van der Waals surface area (Å²) in [5, 5.41) is 0.0833. The topological polar surface area (TPSA) is 52.6 Å². The highest BCUT2D eigenvalue weighted by Crippen LogP contribution is 2.34. The molecule has 0 atom stereocenters. The second-order valence-electron chi connectivity index (χ2n) is 4.47. The SMILES string of the molecule is CC(C)COCCOc1cc(Cl)c(S(=O)(=O)Cl)cc1Cl. The minimum atomic E-state index is -3.94. The summed E-state index contributed by atoms with van der Waals surface area (Å²) in [5.74, 6) is 0.732. The van der Waals surface area contributed by atoms with Crippen molar-refractivity contribution in [3.63, 3.8) is 0 Å². The van der Waals surface area contributed by atoms with E-state index in [1.807, 2.05) is 13.8 Å². The summed E-state index contributed by atoms with van der Waals surface area (Å²) >= 11 is 11.8. The first-order valence-electron chi connectivity index (χ1n) is 5.86. The quantitative estimate of drug-likeness (QED) is 0.544. The monoisotopic (exact) mass is 360 g/mol. The molecular formula is C12H15Cl3O4S. The Bertz CT molecular complexity index is 558. The third-order valence-electron chi connectivity index (χ3n) is 2.19. The second-order valence-corrected chi connectivity index (χ2v) is 7.82. The van der Waals surface area contributed by atoms with Gasteiger partial charge in [0.25, 0.3) is 9.05 Å². The van der Waals surface area contributed by atoms with Crippen molar-refractivity contribution in [1.29, 1.82) is 0 Å². The van der Waals surface area contributed by atoms with Gasteiger partial charge in [0.05, 0.1) is 16.7 Å². The fraction of sp³-hybridized carbons (Fsp3) is 0.500. The molecule has 0 spiro atoms. The molecule has 4 nitrogen and oxygen atoms in total. The van der Waals surface area contributed by atoms with Crippen molar-refractivity contribution in [1.82, 2.24) is 0 Å². The van der Waals surface area contributed by atoms with Crippen LogP contribution in [0.4, 0.5) is 0 Å². The van der Waals surface area contributed by atoms with Gasteiger partial charge in [0.1, 0.15) is 17.3 Å². The van der Waals surface area contributed by atoms with E-state index >= 15 is 0 Å². The van der Waals surface area contributed by atoms with Crippen LogP contribution < -0.4 is 4.74 Å². The third-order valence-corrected chi connectivity index (χ3v) is 4.27. The molecule has 0 N–H and O–H groups in total. The van der Waals surface area contributed by atoms with Crippen molar-refractivity contribution < 1.29 is 17.9 Å². The van der Waals surface area contributed by atoms with E-state index in [1.165, 1.54) is 6.07 Å². The van der Waals surface area contributed by atoms with Gasteiger partial charge in [-0.3, -0.25) is 0 Å². The average molecular weight is 362 g/mol. The van der Waals surface area contributed by atoms with Gasteiger partial charge in [-0.15, -0.1) is 0 Å². The molecule has 0 aliphatic heterocycles. The maximum absolute atomic E-state index is 11.2. The van der Waals surface area contributed by atoms with Gasteiger partial charge < -0.3 is 9.47 Å². The lowest BCUT2D eigenvalue weighted by molar-refractivity contribution is 0.0819. The summed E-state index contributed by atoms with van der Waals surface area (Å²) < 4.78 is 33.2. The third kappa shape index (κ3) is 5.66. The lowest BCUT2D eigenvalue weighted by Crippen LogP contribution is -2.10. The predicted octanol–water partition coefficient (Wildman–Crippen LogP) is 3.97. The second kappa shape index (κ2) is 7.71. The fourth-order valence-corrected chi connectivity index (χ4v) is 3.13. The Balaban J connectivity index is 2.67. The number of rotatable bonds is 7. The molecular weight excluding hydrogens is 347 g/mol. The summed E-state index contributed by atoms with van der Waals surface area (Å²) in [6.07, 6.45) is 0. The van der Waals surface area contributed by atoms with Crippen molar-refractivity contribution in [3.8, 4) is 5.75 Å². The van der Waals surface area contributed by atoms with Crippen LogP contribution in [0.3, 0.4) is 0 Å². The van der Waals surface area contributed by atoms with Gasteiger partial charge >= 0.3 is 0 Å². The van der Waals surface area contributed by atoms with Gasteiger partial charge in [0, 0.05) is 23.4 Å². The Morgan fingerprint density at radius 3 is 2.35 bits per heavy atom. The minimum Gasteiger partial charge on any atom is -0.490 e. The standard InChI is InChI=1S/C12H15Cl3O4S/c1-8(2)7-18-3-4-19-11-5-10(14)12(6-9(11)13)20(15,16)17/h5-6,8H,3-4,7H2,1-2H3. The summed E-state index contributed by atoms with van der Waals surface area (Å²) in [4.78, 5) is -0.241. The Kier molecular flexibility index (Phi) is 6.88. The molecule has 0 fully saturated rings. The Labute approximate surface area is 133 Å². The molecule has 8 heteroatoms. The molecule has 0 saturated carbocycles. The van der Waals surface area contributed by atoms with Crippen LogP contribution >= 0.6 is 33.9 Å². The van der Waals surface area contributed by atoms with Gasteiger partial charge in [-0.25, -0.2) is 8.42 Å². The van der Waals surface area contributed by atoms with Gasteiger partial charge in [-0.2, -0.15) is 0 Å². The van der Waals surface area contributed by atoms with Gasteiger partial charge in [0.15, 0.2) is 0 Å². The smallest absolute Gasteiger partial charge is 0.262 e. The molecule has 0 heterocycles. The molecule has 0 aliphatic carbocycles.